The molecule has 1 unspecified atom stereocenters. The maximum absolute atomic E-state index is 13.1. The number of aryl methyl sites for hydroxylation is 1. The van der Waals surface area contributed by atoms with Crippen LogP contribution in [0.1, 0.15) is 19.4 Å². The maximum Gasteiger partial charge on any atom is 0.326 e. The molecule has 106 valence electrons. The highest BCUT2D eigenvalue weighted by molar-refractivity contribution is 5.76. The number of rotatable bonds is 7. The van der Waals surface area contributed by atoms with Gasteiger partial charge in [0.05, 0.1) is 6.61 Å². The predicted octanol–water partition coefficient (Wildman–Crippen LogP) is 2.05. The van der Waals surface area contributed by atoms with Crippen molar-refractivity contribution >= 4 is 5.97 Å². The zero-order chi connectivity index (χ0) is 14.3. The molecular formula is C14H20FNO3. The third-order valence-corrected chi connectivity index (χ3v) is 2.58. The van der Waals surface area contributed by atoms with E-state index in [1.54, 1.807) is 13.0 Å². The molecule has 0 bridgehead atoms. The molecule has 4 nitrogen and oxygen atoms in total. The fourth-order valence-electron chi connectivity index (χ4n) is 1.60. The summed E-state index contributed by atoms with van der Waals surface area (Å²) in [6.45, 7) is 6.51. The Labute approximate surface area is 112 Å². The van der Waals surface area contributed by atoms with E-state index < -0.39 is 6.04 Å². The summed E-state index contributed by atoms with van der Waals surface area (Å²) in [5.74, 6) is -0.289. The number of hydrogen-bond acceptors (Lipinski definition) is 4. The van der Waals surface area contributed by atoms with Gasteiger partial charge < -0.3 is 14.8 Å². The molecule has 0 aliphatic heterocycles. The average Bonchev–Trinajstić information content (AvgIpc) is 2.38. The van der Waals surface area contributed by atoms with Crippen LogP contribution < -0.4 is 10.1 Å². The fraction of sp³-hybridized carbons (Fsp3) is 0.500. The molecular weight excluding hydrogens is 249 g/mol. The Morgan fingerprint density at radius 3 is 2.79 bits per heavy atom. The van der Waals surface area contributed by atoms with E-state index >= 15 is 0 Å². The largest absolute Gasteiger partial charge is 0.491 e. The van der Waals surface area contributed by atoms with E-state index in [1.165, 1.54) is 12.1 Å². The first-order chi connectivity index (χ1) is 9.08. The smallest absolute Gasteiger partial charge is 0.326 e. The van der Waals surface area contributed by atoms with Gasteiger partial charge in [-0.2, -0.15) is 0 Å². The van der Waals surface area contributed by atoms with Crippen molar-refractivity contribution in [1.29, 1.82) is 0 Å². The molecule has 0 saturated carbocycles. The van der Waals surface area contributed by atoms with Crippen molar-refractivity contribution < 1.29 is 18.7 Å². The monoisotopic (exact) mass is 269 g/mol. The first-order valence-corrected chi connectivity index (χ1v) is 6.37. The van der Waals surface area contributed by atoms with Gasteiger partial charge in [-0.25, -0.2) is 4.39 Å². The van der Waals surface area contributed by atoms with Gasteiger partial charge in [0.2, 0.25) is 0 Å². The predicted molar refractivity (Wildman–Crippen MR) is 70.7 cm³/mol. The second kappa shape index (κ2) is 7.74. The zero-order valence-corrected chi connectivity index (χ0v) is 11.5. The number of esters is 1. The average molecular weight is 269 g/mol. The number of likely N-dealkylation sites (N-methyl/N-ethyl adjacent to an activating group) is 1. The first-order valence-electron chi connectivity index (χ1n) is 6.37. The lowest BCUT2D eigenvalue weighted by Crippen LogP contribution is -2.42. The van der Waals surface area contributed by atoms with Crippen LogP contribution in [0.4, 0.5) is 4.39 Å². The Hall–Kier alpha value is -1.62. The second-order valence-corrected chi connectivity index (χ2v) is 4.08. The summed E-state index contributed by atoms with van der Waals surface area (Å²) in [6, 6.07) is 3.77. The molecule has 0 aliphatic carbocycles. The van der Waals surface area contributed by atoms with Crippen LogP contribution in [-0.4, -0.2) is 31.8 Å². The molecule has 1 aromatic rings. The van der Waals surface area contributed by atoms with Crippen molar-refractivity contribution in [3.63, 3.8) is 0 Å². The summed E-state index contributed by atoms with van der Waals surface area (Å²) >= 11 is 0. The van der Waals surface area contributed by atoms with E-state index in [-0.39, 0.29) is 18.4 Å². The van der Waals surface area contributed by atoms with Crippen LogP contribution in [0.2, 0.25) is 0 Å². The van der Waals surface area contributed by atoms with E-state index in [9.17, 15) is 9.18 Å². The van der Waals surface area contributed by atoms with E-state index in [2.05, 4.69) is 5.32 Å². The molecule has 0 aromatic heterocycles. The van der Waals surface area contributed by atoms with Crippen molar-refractivity contribution in [3.05, 3.63) is 29.6 Å². The van der Waals surface area contributed by atoms with Crippen molar-refractivity contribution in [2.24, 2.45) is 0 Å². The van der Waals surface area contributed by atoms with Crippen molar-refractivity contribution in [2.45, 2.75) is 26.8 Å². The number of hydrogen-bond donors (Lipinski definition) is 1. The Morgan fingerprint density at radius 2 is 2.16 bits per heavy atom. The highest BCUT2D eigenvalue weighted by atomic mass is 19.1. The lowest BCUT2D eigenvalue weighted by Gasteiger charge is -2.17. The molecule has 1 N–H and O–H groups in total. The number of nitrogens with one attached hydrogen (secondary N) is 1. The molecule has 0 fully saturated rings. The number of benzene rings is 1. The molecule has 0 aliphatic rings. The van der Waals surface area contributed by atoms with Crippen molar-refractivity contribution in [3.8, 4) is 5.75 Å². The minimum Gasteiger partial charge on any atom is -0.491 e. The van der Waals surface area contributed by atoms with E-state index in [4.69, 9.17) is 9.47 Å². The van der Waals surface area contributed by atoms with Gasteiger partial charge in [0.25, 0.3) is 0 Å². The quantitative estimate of drug-likeness (QED) is 0.770. The number of halogens is 1. The van der Waals surface area contributed by atoms with Crippen molar-refractivity contribution in [1.82, 2.24) is 5.32 Å². The molecule has 19 heavy (non-hydrogen) atoms. The third-order valence-electron chi connectivity index (χ3n) is 2.58. The summed E-state index contributed by atoms with van der Waals surface area (Å²) in [7, 11) is 0. The summed E-state index contributed by atoms with van der Waals surface area (Å²) in [4.78, 5) is 11.7. The minimum atomic E-state index is -0.549. The van der Waals surface area contributed by atoms with Crippen LogP contribution in [0, 0.1) is 12.7 Å². The highest BCUT2D eigenvalue weighted by Crippen LogP contribution is 2.18. The Kier molecular flexibility index (Phi) is 6.29. The normalized spacial score (nSPS) is 12.0. The molecule has 0 saturated heterocycles. The zero-order valence-electron chi connectivity index (χ0n) is 11.5. The van der Waals surface area contributed by atoms with Gasteiger partial charge in [0, 0.05) is 6.07 Å². The Morgan fingerprint density at radius 1 is 1.42 bits per heavy atom. The van der Waals surface area contributed by atoms with Crippen LogP contribution in [0.15, 0.2) is 18.2 Å². The lowest BCUT2D eigenvalue weighted by atomic mass is 10.2. The third kappa shape index (κ3) is 4.87. The molecule has 0 radical (unpaired) electrons. The number of carbonyl (C=O) groups excluding carboxylic acids is 1. The van der Waals surface area contributed by atoms with Crippen molar-refractivity contribution in [2.75, 3.05) is 19.8 Å². The summed E-state index contributed by atoms with van der Waals surface area (Å²) in [5.41, 5.74) is 0.820. The van der Waals surface area contributed by atoms with Gasteiger partial charge in [-0.1, -0.05) is 13.0 Å². The SMILES string of the molecule is CCNC(COc1cc(F)ccc1C)C(=O)OCC. The first kappa shape index (κ1) is 15.4. The Balaban J connectivity index is 2.65. The molecule has 0 heterocycles. The van der Waals surface area contributed by atoms with Crippen LogP contribution in [0.25, 0.3) is 0 Å². The van der Waals surface area contributed by atoms with Crippen LogP contribution in [0.3, 0.4) is 0 Å². The Bertz CT molecular complexity index is 423. The standard InChI is InChI=1S/C14H20FNO3/c1-4-16-12(14(17)18-5-2)9-19-13-8-11(15)7-6-10(13)3/h6-8,12,16H,4-5,9H2,1-3H3. The van der Waals surface area contributed by atoms with Gasteiger partial charge >= 0.3 is 5.97 Å². The molecule has 1 rings (SSSR count). The van der Waals surface area contributed by atoms with Crippen LogP contribution in [-0.2, 0) is 9.53 Å². The summed E-state index contributed by atoms with van der Waals surface area (Å²) in [6.07, 6.45) is 0. The minimum absolute atomic E-state index is 0.108. The van der Waals surface area contributed by atoms with Gasteiger partial charge in [0.15, 0.2) is 0 Å². The van der Waals surface area contributed by atoms with Crippen LogP contribution >= 0.6 is 0 Å². The van der Waals surface area contributed by atoms with Gasteiger partial charge in [-0.3, -0.25) is 4.79 Å². The molecule has 0 amide bonds. The highest BCUT2D eigenvalue weighted by Gasteiger charge is 2.19. The molecule has 1 aromatic carbocycles. The lowest BCUT2D eigenvalue weighted by molar-refractivity contribution is -0.146. The number of carbonyl (C=O) groups is 1. The maximum atomic E-state index is 13.1. The van der Waals surface area contributed by atoms with Crippen LogP contribution in [0.5, 0.6) is 5.75 Å². The molecule has 5 heteroatoms. The van der Waals surface area contributed by atoms with E-state index in [0.29, 0.717) is 18.9 Å². The van der Waals surface area contributed by atoms with Gasteiger partial charge in [0.1, 0.15) is 24.2 Å². The van der Waals surface area contributed by atoms with E-state index in [1.807, 2.05) is 13.8 Å². The fourth-order valence-corrected chi connectivity index (χ4v) is 1.60. The summed E-state index contributed by atoms with van der Waals surface area (Å²) < 4.78 is 23.6. The van der Waals surface area contributed by atoms with Gasteiger partial charge in [-0.15, -0.1) is 0 Å². The molecule has 0 spiro atoms. The number of ether oxygens (including phenoxy) is 2. The topological polar surface area (TPSA) is 47.6 Å². The second-order valence-electron chi connectivity index (χ2n) is 4.08. The molecule has 1 atom stereocenters. The van der Waals surface area contributed by atoms with Gasteiger partial charge in [-0.05, 0) is 32.0 Å². The van der Waals surface area contributed by atoms with E-state index in [0.717, 1.165) is 5.56 Å². The summed E-state index contributed by atoms with van der Waals surface area (Å²) in [5, 5.41) is 2.98.